The van der Waals surface area contributed by atoms with Crippen molar-refractivity contribution in [3.05, 3.63) is 35.9 Å². The number of carbonyl (C=O) groups excluding carboxylic acids is 2. The molecule has 4 N–H and O–H groups in total. The molecule has 2 amide bonds. The summed E-state index contributed by atoms with van der Waals surface area (Å²) in [6.07, 6.45) is 3.09. The zero-order valence-electron chi connectivity index (χ0n) is 16.0. The van der Waals surface area contributed by atoms with Crippen molar-refractivity contribution in [2.75, 3.05) is 32.7 Å². The summed E-state index contributed by atoms with van der Waals surface area (Å²) in [5, 5.41) is 6.43. The second-order valence-electron chi connectivity index (χ2n) is 7.90. The molecule has 0 radical (unpaired) electrons. The predicted octanol–water partition coefficient (Wildman–Crippen LogP) is 0.531. The van der Waals surface area contributed by atoms with Crippen LogP contribution in [0.25, 0.3) is 0 Å². The third-order valence-electron chi connectivity index (χ3n) is 6.07. The van der Waals surface area contributed by atoms with Gasteiger partial charge in [-0.1, -0.05) is 18.2 Å². The minimum atomic E-state index is -0.152. The van der Waals surface area contributed by atoms with Gasteiger partial charge >= 0.3 is 0 Å². The molecule has 8 heteroatoms. The van der Waals surface area contributed by atoms with Crippen molar-refractivity contribution >= 4 is 24.2 Å². The molecule has 0 spiro atoms. The van der Waals surface area contributed by atoms with Crippen LogP contribution in [-0.2, 0) is 4.79 Å². The minimum Gasteiger partial charge on any atom is -0.352 e. The number of hydrazine groups is 1. The zero-order chi connectivity index (χ0) is 18.6. The lowest BCUT2D eigenvalue weighted by Crippen LogP contribution is -2.53. The van der Waals surface area contributed by atoms with Crippen LogP contribution in [0, 0.1) is 11.8 Å². The number of carbonyl (C=O) groups is 2. The fourth-order valence-corrected chi connectivity index (χ4v) is 4.52. The monoisotopic (exact) mass is 407 g/mol. The molecule has 0 aliphatic carbocycles. The maximum atomic E-state index is 13.1. The summed E-state index contributed by atoms with van der Waals surface area (Å²) >= 11 is 0. The number of amides is 2. The van der Waals surface area contributed by atoms with Crippen LogP contribution in [0.15, 0.2) is 30.3 Å². The highest BCUT2D eigenvalue weighted by atomic mass is 35.5. The predicted molar refractivity (Wildman–Crippen MR) is 110 cm³/mol. The number of likely N-dealkylation sites (tertiary alicyclic amines) is 1. The molecule has 3 saturated heterocycles. The number of piperidine rings is 2. The number of benzene rings is 1. The quantitative estimate of drug-likeness (QED) is 0.585. The molecule has 7 nitrogen and oxygen atoms in total. The average Bonchev–Trinajstić information content (AvgIpc) is 3.16. The van der Waals surface area contributed by atoms with Crippen LogP contribution in [0.1, 0.15) is 29.6 Å². The van der Waals surface area contributed by atoms with Crippen molar-refractivity contribution in [3.8, 4) is 0 Å². The van der Waals surface area contributed by atoms with Gasteiger partial charge in [0, 0.05) is 43.7 Å². The number of nitrogens with zero attached hydrogens (tertiary/aromatic N) is 1. The van der Waals surface area contributed by atoms with E-state index in [1.165, 1.54) is 0 Å². The Bertz CT molecular complexity index is 674. The van der Waals surface area contributed by atoms with Crippen LogP contribution in [-0.4, -0.2) is 61.5 Å². The van der Waals surface area contributed by atoms with Gasteiger partial charge in [-0.2, -0.15) is 0 Å². The van der Waals surface area contributed by atoms with Gasteiger partial charge in [-0.3, -0.25) is 15.0 Å². The molecule has 1 aromatic carbocycles. The van der Waals surface area contributed by atoms with Crippen molar-refractivity contribution in [2.24, 2.45) is 11.8 Å². The van der Waals surface area contributed by atoms with Gasteiger partial charge in [0.05, 0.1) is 0 Å². The van der Waals surface area contributed by atoms with Gasteiger partial charge in [0.1, 0.15) is 6.04 Å². The SMILES string of the molecule is Cl.O=C(NCC1CCCN(C(=O)C2NNC3CCNCC32)C1)c1ccccc1. The highest BCUT2D eigenvalue weighted by Gasteiger charge is 2.43. The third kappa shape index (κ3) is 4.66. The molecule has 0 saturated carbocycles. The first kappa shape index (κ1) is 21.0. The molecule has 3 aliphatic heterocycles. The van der Waals surface area contributed by atoms with Gasteiger partial charge in [-0.15, -0.1) is 12.4 Å². The summed E-state index contributed by atoms with van der Waals surface area (Å²) in [4.78, 5) is 27.3. The Labute approximate surface area is 172 Å². The van der Waals surface area contributed by atoms with Gasteiger partial charge < -0.3 is 15.5 Å². The number of halogens is 1. The molecule has 28 heavy (non-hydrogen) atoms. The van der Waals surface area contributed by atoms with Crippen LogP contribution >= 0.6 is 12.4 Å². The van der Waals surface area contributed by atoms with Crippen molar-refractivity contribution in [1.29, 1.82) is 0 Å². The van der Waals surface area contributed by atoms with Gasteiger partial charge in [-0.05, 0) is 43.9 Å². The highest BCUT2D eigenvalue weighted by molar-refractivity contribution is 5.94. The topological polar surface area (TPSA) is 85.5 Å². The maximum Gasteiger partial charge on any atom is 0.251 e. The van der Waals surface area contributed by atoms with Gasteiger partial charge in [0.25, 0.3) is 5.91 Å². The first-order valence-electron chi connectivity index (χ1n) is 10.1. The van der Waals surface area contributed by atoms with Crippen LogP contribution in [0.5, 0.6) is 0 Å². The standard InChI is InChI=1S/C20H29N5O2.ClH/c26-19(15-6-2-1-3-7-15)22-11-14-5-4-10-25(13-14)20(27)18-16-12-21-9-8-17(16)23-24-18;/h1-3,6-7,14,16-18,21,23-24H,4-5,8-13H2,(H,22,26);1H. The summed E-state index contributed by atoms with van der Waals surface area (Å²) in [6.45, 7) is 4.03. The number of nitrogens with one attached hydrogen (secondary N) is 4. The van der Waals surface area contributed by atoms with E-state index in [1.54, 1.807) is 0 Å². The molecule has 4 unspecified atom stereocenters. The molecular weight excluding hydrogens is 378 g/mol. The van der Waals surface area contributed by atoms with E-state index < -0.39 is 0 Å². The molecule has 3 heterocycles. The van der Waals surface area contributed by atoms with Crippen molar-refractivity contribution < 1.29 is 9.59 Å². The van der Waals surface area contributed by atoms with E-state index in [1.807, 2.05) is 35.2 Å². The fraction of sp³-hybridized carbons (Fsp3) is 0.600. The summed E-state index contributed by atoms with van der Waals surface area (Å²) in [5.74, 6) is 0.768. The van der Waals surface area contributed by atoms with E-state index in [0.29, 0.717) is 30.0 Å². The average molecular weight is 408 g/mol. The lowest BCUT2D eigenvalue weighted by Gasteiger charge is -2.36. The molecule has 3 fully saturated rings. The molecule has 0 aromatic heterocycles. The highest BCUT2D eigenvalue weighted by Crippen LogP contribution is 2.24. The summed E-state index contributed by atoms with van der Waals surface area (Å²) in [6, 6.07) is 9.50. The lowest BCUT2D eigenvalue weighted by atomic mass is 9.88. The largest absolute Gasteiger partial charge is 0.352 e. The lowest BCUT2D eigenvalue weighted by molar-refractivity contribution is -0.136. The van der Waals surface area contributed by atoms with Crippen LogP contribution in [0.3, 0.4) is 0 Å². The van der Waals surface area contributed by atoms with Gasteiger partial charge in [0.15, 0.2) is 0 Å². The van der Waals surface area contributed by atoms with Gasteiger partial charge in [-0.25, -0.2) is 5.43 Å². The molecule has 3 aliphatic rings. The second kappa shape index (κ2) is 9.69. The summed E-state index contributed by atoms with van der Waals surface area (Å²) < 4.78 is 0. The number of hydrogen-bond acceptors (Lipinski definition) is 5. The Kier molecular flexibility index (Phi) is 7.29. The first-order valence-corrected chi connectivity index (χ1v) is 10.1. The Hall–Kier alpha value is -1.67. The van der Waals surface area contributed by atoms with Crippen LogP contribution in [0.4, 0.5) is 0 Å². The first-order chi connectivity index (χ1) is 13.2. The van der Waals surface area contributed by atoms with E-state index in [-0.39, 0.29) is 30.3 Å². The van der Waals surface area contributed by atoms with Crippen LogP contribution < -0.4 is 21.5 Å². The molecule has 4 rings (SSSR count). The smallest absolute Gasteiger partial charge is 0.251 e. The summed E-state index contributed by atoms with van der Waals surface area (Å²) in [7, 11) is 0. The van der Waals surface area contributed by atoms with E-state index in [0.717, 1.165) is 45.4 Å². The van der Waals surface area contributed by atoms with E-state index in [4.69, 9.17) is 0 Å². The normalized spacial score (nSPS) is 29.5. The second-order valence-corrected chi connectivity index (χ2v) is 7.90. The molecular formula is C20H30ClN5O2. The van der Waals surface area contributed by atoms with E-state index in [9.17, 15) is 9.59 Å². The number of fused-ring (bicyclic) bond motifs is 1. The molecule has 1 aromatic rings. The maximum absolute atomic E-state index is 13.1. The minimum absolute atomic E-state index is 0. The molecule has 154 valence electrons. The fourth-order valence-electron chi connectivity index (χ4n) is 4.52. The third-order valence-corrected chi connectivity index (χ3v) is 6.07. The van der Waals surface area contributed by atoms with E-state index >= 15 is 0 Å². The molecule has 4 atom stereocenters. The Morgan fingerprint density at radius 3 is 2.79 bits per heavy atom. The molecule has 0 bridgehead atoms. The Morgan fingerprint density at radius 2 is 1.96 bits per heavy atom. The Balaban J connectivity index is 0.00000225. The van der Waals surface area contributed by atoms with E-state index in [2.05, 4.69) is 21.5 Å². The Morgan fingerprint density at radius 1 is 1.14 bits per heavy atom. The summed E-state index contributed by atoms with van der Waals surface area (Å²) in [5.41, 5.74) is 7.21. The van der Waals surface area contributed by atoms with Crippen molar-refractivity contribution in [3.63, 3.8) is 0 Å². The number of hydrogen-bond donors (Lipinski definition) is 4. The van der Waals surface area contributed by atoms with Gasteiger partial charge in [0.2, 0.25) is 5.91 Å². The zero-order valence-corrected chi connectivity index (χ0v) is 16.8. The van der Waals surface area contributed by atoms with Crippen molar-refractivity contribution in [2.45, 2.75) is 31.3 Å². The van der Waals surface area contributed by atoms with Crippen molar-refractivity contribution in [1.82, 2.24) is 26.4 Å². The number of rotatable bonds is 4. The van der Waals surface area contributed by atoms with Crippen LogP contribution in [0.2, 0.25) is 0 Å².